The first-order valence-electron chi connectivity index (χ1n) is 39.2. The van der Waals surface area contributed by atoms with Gasteiger partial charge in [0.25, 0.3) is 0 Å². The van der Waals surface area contributed by atoms with Gasteiger partial charge in [0.05, 0.1) is 105 Å². The summed E-state index contributed by atoms with van der Waals surface area (Å²) < 4.78 is 197. The number of fused-ring (bicyclic) bond motifs is 6. The van der Waals surface area contributed by atoms with Crippen molar-refractivity contribution in [2.24, 2.45) is 40.8 Å². The number of halogens is 10. The number of alkyl halides is 4. The molecule has 129 heavy (non-hydrogen) atoms. The van der Waals surface area contributed by atoms with E-state index in [9.17, 15) is 71.6 Å². The maximum Gasteiger partial charge on any atom is 0.343 e. The summed E-state index contributed by atoms with van der Waals surface area (Å²) in [5.74, 6) is -2.19. The number of ether oxygens (including phenoxy) is 6. The number of esters is 1. The topological polar surface area (TPSA) is 528 Å². The number of hydrogen-bond acceptors (Lipinski definition) is 21. The van der Waals surface area contributed by atoms with Crippen LogP contribution in [0.2, 0.25) is 5.15 Å². The highest BCUT2D eigenvalue weighted by molar-refractivity contribution is 7.85. The molecule has 698 valence electrons. The van der Waals surface area contributed by atoms with E-state index in [1.54, 1.807) is 60.7 Å². The third kappa shape index (κ3) is 28.1. The van der Waals surface area contributed by atoms with E-state index < -0.39 is 144 Å². The van der Waals surface area contributed by atoms with Crippen LogP contribution in [0.4, 0.5) is 39.5 Å². The highest BCUT2D eigenvalue weighted by Crippen LogP contribution is 2.46. The first-order chi connectivity index (χ1) is 60.4. The van der Waals surface area contributed by atoms with Gasteiger partial charge in [-0.25, -0.2) is 71.2 Å². The fraction of sp³-hybridized carbons (Fsp3) is 0.506. The first kappa shape index (κ1) is 106. The number of ketones is 2. The molecule has 0 amide bonds. The molecule has 0 fully saturated rings. The van der Waals surface area contributed by atoms with Crippen LogP contribution in [0.5, 0.6) is 28.7 Å². The maximum atomic E-state index is 14.0. The van der Waals surface area contributed by atoms with E-state index in [4.69, 9.17) is 78.6 Å². The van der Waals surface area contributed by atoms with Crippen molar-refractivity contribution in [1.82, 2.24) is 19.3 Å². The average Bonchev–Trinajstić information content (AvgIpc) is 1.68. The zero-order valence-corrected chi connectivity index (χ0v) is 76.2. The summed E-state index contributed by atoms with van der Waals surface area (Å²) in [5.41, 5.74) is 46.3. The molecule has 7 heterocycles. The van der Waals surface area contributed by atoms with E-state index in [-0.39, 0.29) is 110 Å². The van der Waals surface area contributed by atoms with Crippen molar-refractivity contribution in [3.8, 4) is 28.7 Å². The van der Waals surface area contributed by atoms with Crippen LogP contribution < -0.4 is 39.3 Å². The Balaban J connectivity index is 0.000000236. The molecule has 0 radical (unpaired) electrons. The van der Waals surface area contributed by atoms with Crippen LogP contribution in [0.1, 0.15) is 192 Å². The van der Waals surface area contributed by atoms with Crippen LogP contribution in [0.15, 0.2) is 109 Å². The standard InChI is InChI=1S/C16H22F2N4O2S.C16H20F2N4O2S.C12H14F2N4O.C12H11F2N3O2.C12H12FN3O3.C9H8ClN3O2.C4H11NOS/c2*1-10(21-25(23)15(2,3)4)13-6-12(18)5-11-7-16(8-17,9-20-22-19)24-14(11)13;1-7(15)10-3-9(14)2-8-4-12(5-13,6-17-18-16)19-11(8)10;1-7(18)10-3-9(14)2-8-4-12(5-13,6-16-17-15)19-11(8)10;1-7(18)10-3-9(13)2-8-4-12(6-17,5-15-16-14)19-11(8)10;1-2-15-9(14)6-5-11-13-4-3-7(10)12-8(6)13;1-4(2,3)7(5)6/h5-6,10,21H,7-9H2,1-4H3;5-6H,7-9H2,1-4H3;2-3,7H,4-6,15H2,1H3;2-3H,4-6H2,1H3;2-3,17H,4-6H2,1H3;3-5H,2H2,1H3;5H2,1-3H3/t10-,16?,25-;16?,25-;7-,12?;;;;7-/m111...1/s1. The molecule has 5 unspecified atom stereocenters. The van der Waals surface area contributed by atoms with Crippen molar-refractivity contribution >= 4 is 73.5 Å². The Morgan fingerprint density at radius 3 is 1.22 bits per heavy atom. The Morgan fingerprint density at radius 1 is 0.550 bits per heavy atom. The van der Waals surface area contributed by atoms with Gasteiger partial charge in [0.2, 0.25) is 0 Å². The molecule has 0 saturated carbocycles. The third-order valence-corrected chi connectivity index (χ3v) is 23.9. The highest BCUT2D eigenvalue weighted by Gasteiger charge is 2.47. The minimum Gasteiger partial charge on any atom is -0.483 e. The fourth-order valence-electron chi connectivity index (χ4n) is 12.8. The lowest BCUT2D eigenvalue weighted by Crippen LogP contribution is -2.41. The lowest BCUT2D eigenvalue weighted by atomic mass is 9.96. The van der Waals surface area contributed by atoms with E-state index in [0.29, 0.717) is 90.4 Å². The lowest BCUT2D eigenvalue weighted by Gasteiger charge is -2.26. The van der Waals surface area contributed by atoms with Gasteiger partial charge in [0, 0.05) is 119 Å². The molecule has 7 aromatic rings. The third-order valence-electron chi connectivity index (χ3n) is 19.4. The zero-order chi connectivity index (χ0) is 96.7. The molecule has 5 aliphatic heterocycles. The van der Waals surface area contributed by atoms with Gasteiger partial charge in [0.1, 0.15) is 134 Å². The number of Topliss-reactive ketones (excluding diaryl/α,β-unsaturated/α-hetero) is 2. The van der Waals surface area contributed by atoms with Crippen molar-refractivity contribution in [2.75, 3.05) is 72.6 Å². The van der Waals surface area contributed by atoms with E-state index in [0.717, 1.165) is 12.1 Å². The van der Waals surface area contributed by atoms with Crippen molar-refractivity contribution in [3.05, 3.63) is 227 Å². The van der Waals surface area contributed by atoms with Crippen LogP contribution in [-0.4, -0.2) is 170 Å². The lowest BCUT2D eigenvalue weighted by molar-refractivity contribution is 0.0353. The molecule has 6 N–H and O–H groups in total. The number of nitrogens with two attached hydrogens (primary N) is 2. The van der Waals surface area contributed by atoms with E-state index in [1.165, 1.54) is 73.1 Å². The van der Waals surface area contributed by atoms with Gasteiger partial charge in [-0.15, -0.1) is 0 Å². The minimum atomic E-state index is -1.53. The molecule has 35 nitrogen and oxygen atoms in total. The molecule has 0 bridgehead atoms. The summed E-state index contributed by atoms with van der Waals surface area (Å²) in [6.45, 7) is 21.3. The van der Waals surface area contributed by atoms with Crippen molar-refractivity contribution in [2.45, 2.75) is 190 Å². The zero-order valence-electron chi connectivity index (χ0n) is 73.0. The second kappa shape index (κ2) is 45.8. The first-order valence-corrected chi connectivity index (χ1v) is 43.0. The van der Waals surface area contributed by atoms with E-state index in [2.05, 4.69) is 69.3 Å². The quantitative estimate of drug-likeness (QED) is 0.00603. The summed E-state index contributed by atoms with van der Waals surface area (Å²) in [7, 11) is -4.08. The normalized spacial score (nSPS) is 19.8. The SMILES string of the molecule is CC(=N[S@](=O)C(C)(C)C)c1cc(F)cc2c1OC(CF)(CN=[N+]=[N-])C2.CC(=O)c1cc(F)cc2c1OC(CF)(CN=[N+]=[N-])C2.CC(=O)c1cc(F)cc2c1OC(CO)(CN=[N+]=[N-])C2.CC(C)(C)[S@](N)=O.CCOC(=O)c1cnn2ccc(Cl)nc12.C[C@@H](N)c1cc(F)cc2c1OC(CF)(CN=[N+]=[N-])C2.C[C@@H](N[S@](=O)C(C)(C)C)c1cc(F)cc2c1OC(CF)(CN=[N+]=[N-])C2. The molecule has 0 aliphatic carbocycles. The van der Waals surface area contributed by atoms with Gasteiger partial charge in [-0.3, -0.25) is 14.7 Å². The average molecular weight is 1890 g/mol. The number of nitrogens with one attached hydrogen (secondary N) is 1. The van der Waals surface area contributed by atoms with Crippen LogP contribution in [0.25, 0.3) is 57.9 Å². The molecule has 12 rings (SSSR count). The van der Waals surface area contributed by atoms with Crippen molar-refractivity contribution < 1.29 is 100 Å². The molecule has 2 aromatic heterocycles. The molecular formula is C81H98ClF9N22O13S3. The van der Waals surface area contributed by atoms with Crippen LogP contribution in [0, 0.1) is 29.1 Å². The number of hydrogen-bond donors (Lipinski definition) is 4. The number of rotatable bonds is 25. The van der Waals surface area contributed by atoms with Gasteiger partial charge >= 0.3 is 5.97 Å². The number of azide groups is 5. The summed E-state index contributed by atoms with van der Waals surface area (Å²) >= 11 is 5.72. The maximum absolute atomic E-state index is 14.0. The second-order valence-electron chi connectivity index (χ2n) is 33.1. The molecule has 48 heteroatoms. The Kier molecular flexibility index (Phi) is 37.8. The van der Waals surface area contributed by atoms with Gasteiger partial charge < -0.3 is 39.3 Å². The highest BCUT2D eigenvalue weighted by atomic mass is 35.5. The number of aliphatic hydroxyl groups is 1. The second-order valence-corrected chi connectivity index (χ2v) is 39.2. The molecule has 0 spiro atoms. The predicted octanol–water partition coefficient (Wildman–Crippen LogP) is 17.7. The van der Waals surface area contributed by atoms with Crippen LogP contribution in [0.3, 0.4) is 0 Å². The number of nitrogens with zero attached hydrogens (tertiary/aromatic N) is 19. The molecule has 5 aliphatic rings. The molecule has 10 atom stereocenters. The summed E-state index contributed by atoms with van der Waals surface area (Å²) in [5, 5.41) is 35.6. The smallest absolute Gasteiger partial charge is 0.343 e. The number of benzene rings is 5. The minimum absolute atomic E-state index is 0.0654. The van der Waals surface area contributed by atoms with Crippen molar-refractivity contribution in [3.63, 3.8) is 0 Å². The Morgan fingerprint density at radius 2 is 0.884 bits per heavy atom. The number of aliphatic hydroxyl groups excluding tert-OH is 1. The van der Waals surface area contributed by atoms with E-state index in [1.807, 2.05) is 41.5 Å². The van der Waals surface area contributed by atoms with Crippen LogP contribution >= 0.6 is 11.6 Å². The number of carbonyl (C=O) groups is 3. The monoisotopic (exact) mass is 1890 g/mol. The largest absolute Gasteiger partial charge is 0.483 e. The Bertz CT molecular complexity index is 5560. The van der Waals surface area contributed by atoms with Crippen LogP contribution in [-0.2, 0) is 69.8 Å². The predicted molar refractivity (Wildman–Crippen MR) is 467 cm³/mol. The Hall–Kier alpha value is -11.3. The summed E-state index contributed by atoms with van der Waals surface area (Å²) in [4.78, 5) is 51.5. The molecule has 5 aromatic carbocycles. The summed E-state index contributed by atoms with van der Waals surface area (Å²) in [6, 6.07) is 13.0. The molecular weight excluding hydrogens is 1790 g/mol. The van der Waals surface area contributed by atoms with Gasteiger partial charge in [-0.05, 0) is 198 Å². The number of aromatic nitrogens is 3. The van der Waals surface area contributed by atoms with Gasteiger partial charge in [0.15, 0.2) is 17.2 Å². The summed E-state index contributed by atoms with van der Waals surface area (Å²) in [6.07, 6.45) is 3.65. The van der Waals surface area contributed by atoms with E-state index >= 15 is 0 Å². The fourth-order valence-corrected chi connectivity index (χ4v) is 14.3. The van der Waals surface area contributed by atoms with Gasteiger partial charge in [-0.2, -0.15) is 9.50 Å². The molecule has 0 saturated heterocycles. The van der Waals surface area contributed by atoms with Gasteiger partial charge in [-0.1, -0.05) is 37.2 Å². The Labute approximate surface area is 748 Å². The van der Waals surface area contributed by atoms with Crippen molar-refractivity contribution in [1.29, 1.82) is 0 Å². The number of carbonyl (C=O) groups excluding carboxylic acids is 3.